The van der Waals surface area contributed by atoms with Crippen molar-refractivity contribution in [1.82, 2.24) is 4.98 Å². The zero-order valence-corrected chi connectivity index (χ0v) is 15.3. The number of hydrogen-bond donors (Lipinski definition) is 1. The van der Waals surface area contributed by atoms with Gasteiger partial charge in [0.1, 0.15) is 0 Å². The first kappa shape index (κ1) is 17.1. The lowest BCUT2D eigenvalue weighted by Crippen LogP contribution is -2.47. The monoisotopic (exact) mass is 364 g/mol. The maximum absolute atomic E-state index is 13.2. The molecule has 0 unspecified atom stereocenters. The van der Waals surface area contributed by atoms with Gasteiger partial charge in [0.05, 0.1) is 10.6 Å². The number of carbonyl (C=O) groups is 1. The van der Waals surface area contributed by atoms with E-state index in [2.05, 4.69) is 10.3 Å². The molecule has 3 rings (SSSR count). The van der Waals surface area contributed by atoms with Crippen LogP contribution in [0.5, 0.6) is 0 Å². The van der Waals surface area contributed by atoms with Gasteiger partial charge in [0.15, 0.2) is 19.7 Å². The number of aryl methyl sites for hydroxylation is 2. The number of nitrogens with zero attached hydrogens (tertiary/aromatic N) is 1. The van der Waals surface area contributed by atoms with Crippen LogP contribution in [-0.2, 0) is 14.6 Å². The normalized spacial score (nSPS) is 16.9. The molecule has 1 amide bonds. The van der Waals surface area contributed by atoms with Crippen LogP contribution in [-0.4, -0.2) is 24.1 Å². The quantitative estimate of drug-likeness (QED) is 0.901. The van der Waals surface area contributed by atoms with E-state index in [9.17, 15) is 13.2 Å². The Balaban J connectivity index is 1.98. The second kappa shape index (κ2) is 6.29. The summed E-state index contributed by atoms with van der Waals surface area (Å²) in [6.07, 6.45) is 2.16. The van der Waals surface area contributed by atoms with Gasteiger partial charge in [-0.2, -0.15) is 0 Å². The summed E-state index contributed by atoms with van der Waals surface area (Å²) in [4.78, 5) is 18.5. The van der Waals surface area contributed by atoms with Crippen LogP contribution in [0.2, 0.25) is 0 Å². The fraction of sp³-hybridized carbons (Fsp3) is 0.412. The highest BCUT2D eigenvalue weighted by molar-refractivity contribution is 7.93. The summed E-state index contributed by atoms with van der Waals surface area (Å²) in [6, 6.07) is 8.24. The van der Waals surface area contributed by atoms with E-state index >= 15 is 0 Å². The van der Waals surface area contributed by atoms with Gasteiger partial charge in [0.2, 0.25) is 5.91 Å². The number of hydrogen-bond acceptors (Lipinski definition) is 5. The van der Waals surface area contributed by atoms with E-state index in [0.717, 1.165) is 23.4 Å². The SMILES string of the molecule is Cc1nc(NC(=O)C2(S(=O)(=O)c3ccccc3)CCCC2)sc1C. The average Bonchev–Trinajstić information content (AvgIpc) is 3.17. The maximum Gasteiger partial charge on any atom is 0.248 e. The van der Waals surface area contributed by atoms with Gasteiger partial charge in [-0.1, -0.05) is 31.0 Å². The average molecular weight is 364 g/mol. The molecule has 1 aliphatic rings. The van der Waals surface area contributed by atoms with Crippen LogP contribution in [0.3, 0.4) is 0 Å². The molecule has 0 radical (unpaired) electrons. The number of sulfone groups is 1. The molecular weight excluding hydrogens is 344 g/mol. The van der Waals surface area contributed by atoms with Crippen molar-refractivity contribution in [2.45, 2.75) is 49.2 Å². The molecule has 1 saturated carbocycles. The van der Waals surface area contributed by atoms with Crippen molar-refractivity contribution in [3.63, 3.8) is 0 Å². The van der Waals surface area contributed by atoms with E-state index in [-0.39, 0.29) is 4.90 Å². The fourth-order valence-corrected chi connectivity index (χ4v) is 6.02. The van der Waals surface area contributed by atoms with Gasteiger partial charge in [-0.25, -0.2) is 13.4 Å². The van der Waals surface area contributed by atoms with E-state index in [1.165, 1.54) is 11.3 Å². The molecular formula is C17H20N2O3S2. The molecule has 0 saturated heterocycles. The topological polar surface area (TPSA) is 76.1 Å². The molecule has 0 aliphatic heterocycles. The predicted molar refractivity (Wildman–Crippen MR) is 95.0 cm³/mol. The molecule has 0 bridgehead atoms. The molecule has 24 heavy (non-hydrogen) atoms. The van der Waals surface area contributed by atoms with Crippen molar-refractivity contribution in [2.24, 2.45) is 0 Å². The highest BCUT2D eigenvalue weighted by Crippen LogP contribution is 2.41. The summed E-state index contributed by atoms with van der Waals surface area (Å²) in [7, 11) is -3.76. The zero-order chi connectivity index (χ0) is 17.4. The van der Waals surface area contributed by atoms with Crippen LogP contribution in [0.15, 0.2) is 35.2 Å². The molecule has 1 aliphatic carbocycles. The first-order valence-electron chi connectivity index (χ1n) is 7.92. The summed E-state index contributed by atoms with van der Waals surface area (Å²) >= 11 is 1.37. The Labute approximate surface area is 146 Å². The second-order valence-corrected chi connectivity index (χ2v) is 9.60. The molecule has 1 heterocycles. The molecule has 1 aromatic carbocycles. The molecule has 0 atom stereocenters. The van der Waals surface area contributed by atoms with Gasteiger partial charge >= 0.3 is 0 Å². The number of carbonyl (C=O) groups excluding carboxylic acids is 1. The number of anilines is 1. The predicted octanol–water partition coefficient (Wildman–Crippen LogP) is 3.49. The minimum atomic E-state index is -3.76. The molecule has 1 N–H and O–H groups in total. The molecule has 5 nitrogen and oxygen atoms in total. The van der Waals surface area contributed by atoms with Crippen molar-refractivity contribution >= 4 is 32.2 Å². The summed E-state index contributed by atoms with van der Waals surface area (Å²) < 4.78 is 25.0. The van der Waals surface area contributed by atoms with Crippen molar-refractivity contribution in [3.05, 3.63) is 40.9 Å². The molecule has 0 spiro atoms. The van der Waals surface area contributed by atoms with Crippen LogP contribution < -0.4 is 5.32 Å². The highest BCUT2D eigenvalue weighted by atomic mass is 32.2. The smallest absolute Gasteiger partial charge is 0.248 e. The lowest BCUT2D eigenvalue weighted by atomic mass is 10.1. The van der Waals surface area contributed by atoms with Crippen LogP contribution >= 0.6 is 11.3 Å². The summed E-state index contributed by atoms with van der Waals surface area (Å²) in [5, 5.41) is 3.21. The minimum absolute atomic E-state index is 0.202. The summed E-state index contributed by atoms with van der Waals surface area (Å²) in [5.74, 6) is -0.461. The lowest BCUT2D eigenvalue weighted by Gasteiger charge is -2.27. The Morgan fingerprint density at radius 1 is 1.17 bits per heavy atom. The standard InChI is InChI=1S/C17H20N2O3S2/c1-12-13(2)23-16(18-12)19-15(20)17(10-6-7-11-17)24(21,22)14-8-4-3-5-9-14/h3-5,8-9H,6-7,10-11H2,1-2H3,(H,18,19,20). The van der Waals surface area contributed by atoms with Gasteiger partial charge < -0.3 is 5.32 Å². The summed E-state index contributed by atoms with van der Waals surface area (Å²) in [6.45, 7) is 3.79. The van der Waals surface area contributed by atoms with Gasteiger partial charge in [-0.3, -0.25) is 4.79 Å². The first-order chi connectivity index (χ1) is 11.4. The number of nitrogens with one attached hydrogen (secondary N) is 1. The van der Waals surface area contributed by atoms with Crippen LogP contribution in [0.25, 0.3) is 0 Å². The number of thiazole rings is 1. The lowest BCUT2D eigenvalue weighted by molar-refractivity contribution is -0.118. The largest absolute Gasteiger partial charge is 0.301 e. The molecule has 7 heteroatoms. The second-order valence-electron chi connectivity index (χ2n) is 6.13. The number of aromatic nitrogens is 1. The first-order valence-corrected chi connectivity index (χ1v) is 10.2. The van der Waals surface area contributed by atoms with E-state index in [4.69, 9.17) is 0 Å². The molecule has 1 aromatic heterocycles. The Bertz CT molecular complexity index is 832. The number of rotatable bonds is 4. The van der Waals surface area contributed by atoms with Crippen molar-refractivity contribution in [3.8, 4) is 0 Å². The Hall–Kier alpha value is -1.73. The van der Waals surface area contributed by atoms with Gasteiger partial charge in [-0.15, -0.1) is 11.3 Å². The third-order valence-electron chi connectivity index (χ3n) is 4.64. The Morgan fingerprint density at radius 2 is 1.79 bits per heavy atom. The molecule has 128 valence electrons. The van der Waals surface area contributed by atoms with E-state index in [1.54, 1.807) is 30.3 Å². The number of benzene rings is 1. The zero-order valence-electron chi connectivity index (χ0n) is 13.7. The maximum atomic E-state index is 13.2. The summed E-state index contributed by atoms with van der Waals surface area (Å²) in [5.41, 5.74) is 0.849. The van der Waals surface area contributed by atoms with Crippen LogP contribution in [0.1, 0.15) is 36.3 Å². The fourth-order valence-electron chi connectivity index (χ4n) is 3.13. The van der Waals surface area contributed by atoms with Crippen LogP contribution in [0.4, 0.5) is 5.13 Å². The molecule has 1 fully saturated rings. The van der Waals surface area contributed by atoms with Gasteiger partial charge in [-0.05, 0) is 38.8 Å². The van der Waals surface area contributed by atoms with Gasteiger partial charge in [0.25, 0.3) is 0 Å². The van der Waals surface area contributed by atoms with Crippen molar-refractivity contribution < 1.29 is 13.2 Å². The van der Waals surface area contributed by atoms with E-state index in [0.29, 0.717) is 18.0 Å². The van der Waals surface area contributed by atoms with E-state index < -0.39 is 20.5 Å². The number of amides is 1. The third-order valence-corrected chi connectivity index (χ3v) is 8.15. The van der Waals surface area contributed by atoms with Gasteiger partial charge in [0, 0.05) is 4.88 Å². The van der Waals surface area contributed by atoms with Crippen molar-refractivity contribution in [1.29, 1.82) is 0 Å². The van der Waals surface area contributed by atoms with E-state index in [1.807, 2.05) is 13.8 Å². The minimum Gasteiger partial charge on any atom is -0.301 e. The van der Waals surface area contributed by atoms with Crippen molar-refractivity contribution in [2.75, 3.05) is 5.32 Å². The molecule has 2 aromatic rings. The highest BCUT2D eigenvalue weighted by Gasteiger charge is 2.53. The Kier molecular flexibility index (Phi) is 4.48. The van der Waals surface area contributed by atoms with Crippen LogP contribution in [0, 0.1) is 13.8 Å². The third kappa shape index (κ3) is 2.75. The Morgan fingerprint density at radius 3 is 2.33 bits per heavy atom.